The molecule has 7 heteroatoms. The van der Waals surface area contributed by atoms with Crippen LogP contribution in [0.5, 0.6) is 0 Å². The van der Waals surface area contributed by atoms with Crippen LogP contribution in [0.4, 0.5) is 5.69 Å². The van der Waals surface area contributed by atoms with Crippen LogP contribution in [0.2, 0.25) is 5.02 Å². The topological polar surface area (TPSA) is 78.5 Å². The van der Waals surface area contributed by atoms with Crippen LogP contribution in [0.15, 0.2) is 18.2 Å². The van der Waals surface area contributed by atoms with Gasteiger partial charge in [-0.15, -0.1) is 0 Å². The number of hydrogen-bond donors (Lipinski definition) is 2. The summed E-state index contributed by atoms with van der Waals surface area (Å²) in [4.78, 5) is 38.3. The zero-order valence-electron chi connectivity index (χ0n) is 15.5. The quantitative estimate of drug-likeness (QED) is 0.825. The van der Waals surface area contributed by atoms with Crippen molar-refractivity contribution in [2.75, 3.05) is 25.0 Å². The molecule has 0 aliphatic carbocycles. The highest BCUT2D eigenvalue weighted by molar-refractivity contribution is 6.31. The van der Waals surface area contributed by atoms with Gasteiger partial charge in [0.1, 0.15) is 0 Å². The van der Waals surface area contributed by atoms with Crippen molar-refractivity contribution in [3.05, 3.63) is 28.8 Å². The number of piperidine rings is 1. The van der Waals surface area contributed by atoms with Gasteiger partial charge < -0.3 is 15.5 Å². The van der Waals surface area contributed by atoms with Crippen molar-refractivity contribution in [2.24, 2.45) is 11.8 Å². The van der Waals surface area contributed by atoms with Gasteiger partial charge >= 0.3 is 0 Å². The number of hydrogen-bond acceptors (Lipinski definition) is 3. The molecule has 0 bridgehead atoms. The molecule has 0 aromatic heterocycles. The molecule has 1 aromatic rings. The summed E-state index contributed by atoms with van der Waals surface area (Å²) < 4.78 is 0. The third kappa shape index (κ3) is 5.21. The van der Waals surface area contributed by atoms with Gasteiger partial charge in [-0.05, 0) is 37.5 Å². The van der Waals surface area contributed by atoms with Crippen LogP contribution in [-0.2, 0) is 14.4 Å². The molecule has 1 heterocycles. The van der Waals surface area contributed by atoms with Gasteiger partial charge in [0.25, 0.3) is 0 Å². The van der Waals surface area contributed by atoms with Crippen LogP contribution in [0.3, 0.4) is 0 Å². The Labute approximate surface area is 159 Å². The first-order valence-electron chi connectivity index (χ1n) is 8.91. The molecule has 1 atom stereocenters. The van der Waals surface area contributed by atoms with Crippen LogP contribution in [0, 0.1) is 18.8 Å². The third-order valence-electron chi connectivity index (χ3n) is 4.56. The Balaban J connectivity index is 1.85. The van der Waals surface area contributed by atoms with Crippen LogP contribution < -0.4 is 10.6 Å². The van der Waals surface area contributed by atoms with Crippen LogP contribution in [0.1, 0.15) is 32.3 Å². The van der Waals surface area contributed by atoms with E-state index in [2.05, 4.69) is 10.6 Å². The lowest BCUT2D eigenvalue weighted by atomic mass is 9.96. The molecule has 6 nitrogen and oxygen atoms in total. The highest BCUT2D eigenvalue weighted by atomic mass is 35.5. The Morgan fingerprint density at radius 2 is 2.04 bits per heavy atom. The van der Waals surface area contributed by atoms with Crippen molar-refractivity contribution in [2.45, 2.75) is 33.6 Å². The van der Waals surface area contributed by atoms with Crippen molar-refractivity contribution < 1.29 is 14.4 Å². The highest BCUT2D eigenvalue weighted by Crippen LogP contribution is 2.23. The number of halogens is 1. The highest BCUT2D eigenvalue weighted by Gasteiger charge is 2.29. The van der Waals surface area contributed by atoms with Crippen molar-refractivity contribution in [1.82, 2.24) is 10.2 Å². The normalized spacial score (nSPS) is 17.1. The number of likely N-dealkylation sites (tertiary alicyclic amines) is 1. The Morgan fingerprint density at radius 1 is 1.31 bits per heavy atom. The largest absolute Gasteiger partial charge is 0.347 e. The number of anilines is 1. The first-order chi connectivity index (χ1) is 12.3. The van der Waals surface area contributed by atoms with Gasteiger partial charge in [0, 0.05) is 29.7 Å². The SMILES string of the molecule is Cc1c(Cl)cccc1NC(=O)CNC(=O)C1CCCN(C(=O)C(C)C)C1. The van der Waals surface area contributed by atoms with Gasteiger partial charge in [-0.3, -0.25) is 14.4 Å². The molecule has 2 rings (SSSR count). The number of benzene rings is 1. The van der Waals surface area contributed by atoms with E-state index in [-0.39, 0.29) is 36.1 Å². The lowest BCUT2D eigenvalue weighted by Crippen LogP contribution is -2.47. The number of rotatable bonds is 5. The number of carbonyl (C=O) groups is 3. The molecule has 1 fully saturated rings. The second-order valence-electron chi connectivity index (χ2n) is 6.96. The van der Waals surface area contributed by atoms with E-state index in [1.165, 1.54) is 0 Å². The Kier molecular flexibility index (Phi) is 7.03. The molecule has 3 amide bonds. The molecule has 1 aliphatic rings. The minimum Gasteiger partial charge on any atom is -0.347 e. The molecular formula is C19H26ClN3O3. The van der Waals surface area contributed by atoms with E-state index >= 15 is 0 Å². The molecular weight excluding hydrogens is 354 g/mol. The molecule has 2 N–H and O–H groups in total. The second kappa shape index (κ2) is 9.03. The summed E-state index contributed by atoms with van der Waals surface area (Å²) in [5.41, 5.74) is 1.41. The second-order valence-corrected chi connectivity index (χ2v) is 7.36. The van der Waals surface area contributed by atoms with Gasteiger partial charge in [0.2, 0.25) is 17.7 Å². The predicted molar refractivity (Wildman–Crippen MR) is 102 cm³/mol. The summed E-state index contributed by atoms with van der Waals surface area (Å²) in [5, 5.41) is 5.99. The monoisotopic (exact) mass is 379 g/mol. The van der Waals surface area contributed by atoms with Crippen LogP contribution in [-0.4, -0.2) is 42.3 Å². The summed E-state index contributed by atoms with van der Waals surface area (Å²) in [6.07, 6.45) is 1.52. The van der Waals surface area contributed by atoms with Gasteiger partial charge in [0.05, 0.1) is 12.5 Å². The minimum atomic E-state index is -0.311. The minimum absolute atomic E-state index is 0.0664. The average Bonchev–Trinajstić information content (AvgIpc) is 2.63. The van der Waals surface area contributed by atoms with E-state index in [9.17, 15) is 14.4 Å². The zero-order valence-corrected chi connectivity index (χ0v) is 16.2. The molecule has 0 saturated carbocycles. The third-order valence-corrected chi connectivity index (χ3v) is 4.97. The number of nitrogens with one attached hydrogen (secondary N) is 2. The molecule has 0 radical (unpaired) electrons. The van der Waals surface area contributed by atoms with Crippen LogP contribution >= 0.6 is 11.6 Å². The number of carbonyl (C=O) groups excluding carboxylic acids is 3. The maximum atomic E-state index is 12.4. The zero-order chi connectivity index (χ0) is 19.3. The maximum absolute atomic E-state index is 12.4. The summed E-state index contributed by atoms with van der Waals surface area (Å²) in [6, 6.07) is 5.27. The molecule has 1 aliphatic heterocycles. The standard InChI is InChI=1S/C19H26ClN3O3/c1-12(2)19(26)23-9-5-6-14(11-23)18(25)21-10-17(24)22-16-8-4-7-15(20)13(16)3/h4,7-8,12,14H,5-6,9-11H2,1-3H3,(H,21,25)(H,22,24). The predicted octanol–water partition coefficient (Wildman–Crippen LogP) is 2.60. The van der Waals surface area contributed by atoms with E-state index in [1.807, 2.05) is 20.8 Å². The van der Waals surface area contributed by atoms with E-state index in [0.29, 0.717) is 23.8 Å². The molecule has 1 aromatic carbocycles. The van der Waals surface area contributed by atoms with Gasteiger partial charge in [-0.1, -0.05) is 31.5 Å². The fraction of sp³-hybridized carbons (Fsp3) is 0.526. The van der Waals surface area contributed by atoms with E-state index < -0.39 is 0 Å². The summed E-state index contributed by atoms with van der Waals surface area (Å²) in [5.74, 6) is -0.786. The Morgan fingerprint density at radius 3 is 2.73 bits per heavy atom. The first-order valence-corrected chi connectivity index (χ1v) is 9.29. The summed E-state index contributed by atoms with van der Waals surface area (Å²) in [6.45, 7) is 6.52. The lowest BCUT2D eigenvalue weighted by molar-refractivity contribution is -0.138. The Bertz CT molecular complexity index is 691. The fourth-order valence-corrected chi connectivity index (χ4v) is 3.18. The van der Waals surface area contributed by atoms with E-state index in [1.54, 1.807) is 23.1 Å². The van der Waals surface area contributed by atoms with Crippen LogP contribution in [0.25, 0.3) is 0 Å². The number of amides is 3. The lowest BCUT2D eigenvalue weighted by Gasteiger charge is -2.33. The first kappa shape index (κ1) is 20.2. The summed E-state index contributed by atoms with van der Waals surface area (Å²) >= 11 is 6.03. The van der Waals surface area contributed by atoms with E-state index in [0.717, 1.165) is 18.4 Å². The molecule has 1 unspecified atom stereocenters. The van der Waals surface area contributed by atoms with Crippen molar-refractivity contribution in [3.8, 4) is 0 Å². The van der Waals surface area contributed by atoms with Gasteiger partial charge in [0.15, 0.2) is 0 Å². The summed E-state index contributed by atoms with van der Waals surface area (Å²) in [7, 11) is 0. The molecule has 142 valence electrons. The molecule has 26 heavy (non-hydrogen) atoms. The smallest absolute Gasteiger partial charge is 0.243 e. The maximum Gasteiger partial charge on any atom is 0.243 e. The van der Waals surface area contributed by atoms with E-state index in [4.69, 9.17) is 11.6 Å². The van der Waals surface area contributed by atoms with Crippen molar-refractivity contribution >= 4 is 35.0 Å². The number of nitrogens with zero attached hydrogens (tertiary/aromatic N) is 1. The van der Waals surface area contributed by atoms with Crippen molar-refractivity contribution in [1.29, 1.82) is 0 Å². The van der Waals surface area contributed by atoms with Gasteiger partial charge in [-0.2, -0.15) is 0 Å². The Hall–Kier alpha value is -2.08. The molecule has 0 spiro atoms. The van der Waals surface area contributed by atoms with Crippen molar-refractivity contribution in [3.63, 3.8) is 0 Å². The van der Waals surface area contributed by atoms with Gasteiger partial charge in [-0.25, -0.2) is 0 Å². The fourth-order valence-electron chi connectivity index (χ4n) is 3.01. The average molecular weight is 380 g/mol. The molecule has 1 saturated heterocycles.